The maximum atomic E-state index is 14.1. The Morgan fingerprint density at radius 3 is 2.38 bits per heavy atom. The van der Waals surface area contributed by atoms with Gasteiger partial charge in [-0.1, -0.05) is 54.9 Å². The quantitative estimate of drug-likeness (QED) is 0.146. The van der Waals surface area contributed by atoms with Crippen LogP contribution in [0.15, 0.2) is 58.0 Å². The van der Waals surface area contributed by atoms with Gasteiger partial charge in [-0.25, -0.2) is 10.4 Å². The van der Waals surface area contributed by atoms with Gasteiger partial charge in [0.05, 0.1) is 6.61 Å². The lowest BCUT2D eigenvalue weighted by Gasteiger charge is -2.31. The molecule has 0 aliphatic carbocycles. The number of aliphatic hydroxyl groups excluding tert-OH is 1. The Hall–Kier alpha value is -2.95. The second-order valence-corrected chi connectivity index (χ2v) is 13.4. The lowest BCUT2D eigenvalue weighted by atomic mass is 9.83. The van der Waals surface area contributed by atoms with Crippen molar-refractivity contribution in [2.24, 2.45) is 10.4 Å². The van der Waals surface area contributed by atoms with Crippen molar-refractivity contribution in [2.75, 3.05) is 19.8 Å². The topological polar surface area (TPSA) is 118 Å². The number of carbonyl (C=O) groups excluding carboxylic acids is 2. The zero-order valence-electron chi connectivity index (χ0n) is 25.5. The molecule has 3 rings (SSSR count). The van der Waals surface area contributed by atoms with E-state index in [9.17, 15) is 9.59 Å². The van der Waals surface area contributed by atoms with Crippen LogP contribution in [0, 0.1) is 5.41 Å². The second kappa shape index (κ2) is 14.5. The van der Waals surface area contributed by atoms with Crippen molar-refractivity contribution in [3.05, 3.63) is 64.1 Å². The number of aliphatic imine (C=N–C) groups is 1. The Bertz CT molecular complexity index is 1240. The molecule has 10 heteroatoms. The molecule has 0 radical (unpaired) electrons. The molecule has 0 unspecified atom stereocenters. The van der Waals surface area contributed by atoms with Crippen molar-refractivity contribution in [1.29, 1.82) is 0 Å². The van der Waals surface area contributed by atoms with Gasteiger partial charge in [0.2, 0.25) is 5.90 Å². The number of rotatable bonds is 13. The first-order valence-electron chi connectivity index (χ1n) is 14.3. The van der Waals surface area contributed by atoms with E-state index in [1.54, 1.807) is 12.1 Å². The summed E-state index contributed by atoms with van der Waals surface area (Å²) in [7, 11) is 0. The molecule has 1 aliphatic rings. The number of aliphatic hydroxyl groups is 1. The third kappa shape index (κ3) is 9.54. The molecule has 230 valence electrons. The molecular formula is C32H44BrN3O6. The van der Waals surface area contributed by atoms with E-state index in [1.807, 2.05) is 57.2 Å². The van der Waals surface area contributed by atoms with E-state index in [2.05, 4.69) is 47.6 Å². The molecule has 1 heterocycles. The van der Waals surface area contributed by atoms with Crippen LogP contribution in [0.2, 0.25) is 0 Å². The highest BCUT2D eigenvalue weighted by molar-refractivity contribution is 9.10. The number of hydrazine groups is 1. The number of esters is 1. The number of ether oxygens (including phenoxy) is 3. The highest BCUT2D eigenvalue weighted by Crippen LogP contribution is 2.45. The highest BCUT2D eigenvalue weighted by atomic mass is 79.9. The molecule has 0 saturated carbocycles. The van der Waals surface area contributed by atoms with Gasteiger partial charge in [-0.2, -0.15) is 0 Å². The normalized spacial score (nSPS) is 18.7. The van der Waals surface area contributed by atoms with Gasteiger partial charge in [-0.05, 0) is 69.4 Å². The van der Waals surface area contributed by atoms with Crippen LogP contribution in [0.3, 0.4) is 0 Å². The van der Waals surface area contributed by atoms with E-state index in [0.717, 1.165) is 16.5 Å². The Morgan fingerprint density at radius 2 is 1.76 bits per heavy atom. The summed E-state index contributed by atoms with van der Waals surface area (Å²) in [6, 6.07) is 14.7. The Kier molecular flexibility index (Phi) is 11.6. The Morgan fingerprint density at radius 1 is 1.07 bits per heavy atom. The number of benzene rings is 2. The molecule has 0 saturated heterocycles. The first-order chi connectivity index (χ1) is 19.7. The van der Waals surface area contributed by atoms with E-state index in [-0.39, 0.29) is 30.8 Å². The standard InChI is InChI=1S/C32H44BrN3O6/c1-30(2,3)18-19-34-36-29(39)32(17-16-26(38)42-31(4,5)6)27(24-10-7-8-11-25(24)33)41-28(35-32)22-12-14-23(15-13-22)40-21-9-20-37/h7-8,10-15,27,34,37H,9,16-21H2,1-6H3,(H,36,39)/t27-,32-/m0/s1. The van der Waals surface area contributed by atoms with Gasteiger partial charge in [0, 0.05) is 41.6 Å². The summed E-state index contributed by atoms with van der Waals surface area (Å²) in [5.74, 6) is 0.103. The zero-order chi connectivity index (χ0) is 31.0. The SMILES string of the molecule is CC(C)(C)CCNNC(=O)[C@@]1(CCC(=O)OC(C)(C)C)N=C(c2ccc(OCCCO)cc2)O[C@H]1c1ccccc1Br. The smallest absolute Gasteiger partial charge is 0.306 e. The molecule has 0 spiro atoms. The predicted octanol–water partition coefficient (Wildman–Crippen LogP) is 5.65. The number of halogens is 1. The lowest BCUT2D eigenvalue weighted by molar-refractivity contribution is -0.155. The minimum absolute atomic E-state index is 0.0363. The predicted molar refractivity (Wildman–Crippen MR) is 166 cm³/mol. The van der Waals surface area contributed by atoms with Gasteiger partial charge in [0.25, 0.3) is 5.91 Å². The number of hydrogen-bond acceptors (Lipinski definition) is 8. The first kappa shape index (κ1) is 33.6. The van der Waals surface area contributed by atoms with Crippen LogP contribution < -0.4 is 15.6 Å². The van der Waals surface area contributed by atoms with E-state index < -0.39 is 29.1 Å². The van der Waals surface area contributed by atoms with Crippen molar-refractivity contribution < 1.29 is 28.9 Å². The van der Waals surface area contributed by atoms with Gasteiger partial charge < -0.3 is 19.3 Å². The minimum atomic E-state index is -1.47. The summed E-state index contributed by atoms with van der Waals surface area (Å²) in [4.78, 5) is 31.9. The van der Waals surface area contributed by atoms with Gasteiger partial charge in [-0.15, -0.1) is 0 Å². The molecule has 9 nitrogen and oxygen atoms in total. The molecule has 0 bridgehead atoms. The molecule has 1 aliphatic heterocycles. The molecule has 1 amide bonds. The van der Waals surface area contributed by atoms with Crippen LogP contribution >= 0.6 is 15.9 Å². The highest BCUT2D eigenvalue weighted by Gasteiger charge is 2.54. The maximum Gasteiger partial charge on any atom is 0.306 e. The van der Waals surface area contributed by atoms with Crippen molar-refractivity contribution >= 4 is 33.7 Å². The van der Waals surface area contributed by atoms with Crippen LogP contribution in [-0.4, -0.2) is 53.8 Å². The number of carbonyl (C=O) groups is 2. The average Bonchev–Trinajstić information content (AvgIpc) is 3.30. The number of nitrogens with zero attached hydrogens (tertiary/aromatic N) is 1. The Labute approximate surface area is 257 Å². The van der Waals surface area contributed by atoms with Gasteiger partial charge in [0.15, 0.2) is 11.6 Å². The summed E-state index contributed by atoms with van der Waals surface area (Å²) in [5, 5.41) is 9.02. The molecule has 2 atom stereocenters. The van der Waals surface area contributed by atoms with Gasteiger partial charge >= 0.3 is 5.97 Å². The van der Waals surface area contributed by atoms with Crippen molar-refractivity contribution in [3.8, 4) is 5.75 Å². The third-order valence-corrected chi connectivity index (χ3v) is 7.27. The van der Waals surface area contributed by atoms with Crippen LogP contribution in [0.25, 0.3) is 0 Å². The number of nitrogens with one attached hydrogen (secondary N) is 2. The van der Waals surface area contributed by atoms with E-state index in [1.165, 1.54) is 0 Å². The fraction of sp³-hybridized carbons (Fsp3) is 0.531. The van der Waals surface area contributed by atoms with E-state index in [4.69, 9.17) is 24.3 Å². The fourth-order valence-corrected chi connectivity index (χ4v) is 4.90. The van der Waals surface area contributed by atoms with Crippen LogP contribution in [-0.2, 0) is 19.1 Å². The van der Waals surface area contributed by atoms with Crippen LogP contribution in [0.5, 0.6) is 5.75 Å². The van der Waals surface area contributed by atoms with E-state index >= 15 is 0 Å². The summed E-state index contributed by atoms with van der Waals surface area (Å²) in [6.07, 6.45) is 0.571. The third-order valence-electron chi connectivity index (χ3n) is 6.55. The summed E-state index contributed by atoms with van der Waals surface area (Å²) in [6.45, 7) is 12.8. The minimum Gasteiger partial charge on any atom is -0.494 e. The second-order valence-electron chi connectivity index (χ2n) is 12.6. The molecule has 2 aromatic carbocycles. The molecule has 3 N–H and O–H groups in total. The van der Waals surface area contributed by atoms with E-state index in [0.29, 0.717) is 30.9 Å². The van der Waals surface area contributed by atoms with Gasteiger partial charge in [0.1, 0.15) is 11.4 Å². The average molecular weight is 647 g/mol. The summed E-state index contributed by atoms with van der Waals surface area (Å²) in [5.41, 5.74) is 5.25. The summed E-state index contributed by atoms with van der Waals surface area (Å²) < 4.78 is 18.5. The Balaban J connectivity index is 2.00. The first-order valence-corrected chi connectivity index (χ1v) is 15.1. The summed E-state index contributed by atoms with van der Waals surface area (Å²) >= 11 is 3.62. The van der Waals surface area contributed by atoms with Crippen molar-refractivity contribution in [1.82, 2.24) is 10.9 Å². The zero-order valence-corrected chi connectivity index (χ0v) is 27.0. The molecule has 2 aromatic rings. The van der Waals surface area contributed by atoms with Gasteiger partial charge in [-0.3, -0.25) is 15.0 Å². The van der Waals surface area contributed by atoms with Crippen LogP contribution in [0.4, 0.5) is 0 Å². The molecule has 0 aromatic heterocycles. The van der Waals surface area contributed by atoms with Crippen molar-refractivity contribution in [3.63, 3.8) is 0 Å². The lowest BCUT2D eigenvalue weighted by Crippen LogP contribution is -2.53. The number of amides is 1. The molecule has 42 heavy (non-hydrogen) atoms. The fourth-order valence-electron chi connectivity index (χ4n) is 4.41. The monoisotopic (exact) mass is 645 g/mol. The van der Waals surface area contributed by atoms with Crippen molar-refractivity contribution in [2.45, 2.75) is 84.5 Å². The maximum absolute atomic E-state index is 14.1. The molecule has 0 fully saturated rings. The van der Waals surface area contributed by atoms with Crippen LogP contribution in [0.1, 0.15) is 84.5 Å². The number of hydrogen-bond donors (Lipinski definition) is 3. The molecular weight excluding hydrogens is 602 g/mol. The largest absolute Gasteiger partial charge is 0.494 e.